The molecular weight excluding hydrogens is 568 g/mol. The van der Waals surface area contributed by atoms with Gasteiger partial charge >= 0.3 is 16.0 Å². The molecule has 24 heavy (non-hydrogen) atoms. The smallest absolute Gasteiger partial charge is 0.447 e. The minimum absolute atomic E-state index is 0.104. The van der Waals surface area contributed by atoms with Gasteiger partial charge in [0.05, 0.1) is 5.52 Å². The molecule has 0 fully saturated rings. The Labute approximate surface area is 158 Å². The van der Waals surface area contributed by atoms with Gasteiger partial charge in [0.2, 0.25) is 0 Å². The fourth-order valence-electron chi connectivity index (χ4n) is 1.75. The highest BCUT2D eigenvalue weighted by Crippen LogP contribution is 2.51. The van der Waals surface area contributed by atoms with E-state index < -0.39 is 27.3 Å². The lowest BCUT2D eigenvalue weighted by Crippen LogP contribution is -2.56. The summed E-state index contributed by atoms with van der Waals surface area (Å²) in [6.45, 7) is 0. The average molecular weight is 572 g/mol. The summed E-state index contributed by atoms with van der Waals surface area (Å²) in [5, 5.41) is 8.90. The van der Waals surface area contributed by atoms with Gasteiger partial charge in [0.1, 0.15) is 11.6 Å². The van der Waals surface area contributed by atoms with Gasteiger partial charge in [-0.1, -0.05) is 0 Å². The topological polar surface area (TPSA) is 45.9 Å². The van der Waals surface area contributed by atoms with Crippen molar-refractivity contribution in [2.75, 3.05) is 0 Å². The monoisotopic (exact) mass is 572 g/mol. The van der Waals surface area contributed by atoms with E-state index in [1.54, 1.807) is 6.07 Å². The van der Waals surface area contributed by atoms with E-state index in [-0.39, 0.29) is 33.5 Å². The number of halogens is 8. The van der Waals surface area contributed by atoms with E-state index in [9.17, 15) is 26.3 Å². The van der Waals surface area contributed by atoms with Crippen LogP contribution in [-0.4, -0.2) is 20.9 Å². The number of ether oxygens (including phenoxy) is 1. The minimum Gasteiger partial charge on any atom is -0.457 e. The lowest BCUT2D eigenvalue weighted by atomic mass is 10.1. The van der Waals surface area contributed by atoms with Crippen molar-refractivity contribution in [3.8, 4) is 11.8 Å². The van der Waals surface area contributed by atoms with Crippen LogP contribution in [0.3, 0.4) is 0 Å². The molecule has 0 aliphatic heterocycles. The number of hydrogen-bond donors (Lipinski definition) is 0. The highest BCUT2D eigenvalue weighted by atomic mass is 127. The quantitative estimate of drug-likeness (QED) is 0.278. The molecule has 11 heteroatoms. The maximum atomic E-state index is 13.0. The van der Waals surface area contributed by atoms with Gasteiger partial charge in [-0.05, 0) is 63.4 Å². The van der Waals surface area contributed by atoms with Gasteiger partial charge in [0.15, 0.2) is 5.75 Å². The summed E-state index contributed by atoms with van der Waals surface area (Å²) in [6.07, 6.45) is -10.6. The number of benzene rings is 1. The van der Waals surface area contributed by atoms with Crippen molar-refractivity contribution in [1.82, 2.24) is 4.98 Å². The molecule has 0 bridgehead atoms. The van der Waals surface area contributed by atoms with Crippen LogP contribution in [0.5, 0.6) is 5.75 Å². The van der Waals surface area contributed by atoms with Crippen LogP contribution in [0.2, 0.25) is 0 Å². The third kappa shape index (κ3) is 3.35. The SMILES string of the molecule is N#Cc1cnc2ccc(I)cc2c1OC(I)(C(F)(F)F)C(F)(F)F. The lowest BCUT2D eigenvalue weighted by Gasteiger charge is -2.32. The largest absolute Gasteiger partial charge is 0.457 e. The molecule has 0 aliphatic rings. The molecule has 128 valence electrons. The fraction of sp³-hybridized carbons (Fsp3) is 0.231. The lowest BCUT2D eigenvalue weighted by molar-refractivity contribution is -0.308. The molecule has 2 rings (SSSR count). The summed E-state index contributed by atoms with van der Waals surface area (Å²) in [6, 6.07) is 5.77. The maximum Gasteiger partial charge on any atom is 0.447 e. The number of fused-ring (bicyclic) bond motifs is 1. The van der Waals surface area contributed by atoms with Gasteiger partial charge in [-0.15, -0.1) is 0 Å². The van der Waals surface area contributed by atoms with Crippen LogP contribution in [0.4, 0.5) is 26.3 Å². The van der Waals surface area contributed by atoms with Crippen LogP contribution < -0.4 is 4.74 Å². The molecule has 0 N–H and O–H groups in total. The Morgan fingerprint density at radius 3 is 2.17 bits per heavy atom. The van der Waals surface area contributed by atoms with Crippen molar-refractivity contribution < 1.29 is 31.1 Å². The zero-order valence-electron chi connectivity index (χ0n) is 11.1. The van der Waals surface area contributed by atoms with Gasteiger partial charge in [0.25, 0.3) is 0 Å². The fourth-order valence-corrected chi connectivity index (χ4v) is 2.46. The van der Waals surface area contributed by atoms with E-state index >= 15 is 0 Å². The molecule has 0 unspecified atom stereocenters. The number of nitriles is 1. The highest BCUT2D eigenvalue weighted by Gasteiger charge is 2.72. The normalized spacial score (nSPS) is 13.0. The molecule has 0 saturated carbocycles. The Morgan fingerprint density at radius 1 is 1.08 bits per heavy atom. The van der Waals surface area contributed by atoms with Crippen LogP contribution in [-0.2, 0) is 0 Å². The molecule has 1 aromatic carbocycles. The average Bonchev–Trinajstić information content (AvgIpc) is 2.45. The van der Waals surface area contributed by atoms with Gasteiger partial charge < -0.3 is 4.74 Å². The molecule has 1 heterocycles. The first-order valence-corrected chi connectivity index (χ1v) is 8.06. The van der Waals surface area contributed by atoms with Crippen molar-refractivity contribution in [1.29, 1.82) is 5.26 Å². The summed E-state index contributed by atoms with van der Waals surface area (Å²) in [5.41, 5.74) is -0.424. The first-order valence-electron chi connectivity index (χ1n) is 5.90. The van der Waals surface area contributed by atoms with E-state index in [1.165, 1.54) is 18.2 Å². The van der Waals surface area contributed by atoms with Crippen molar-refractivity contribution in [2.24, 2.45) is 0 Å². The predicted octanol–water partition coefficient (Wildman–Crippen LogP) is 5.35. The molecule has 1 aromatic heterocycles. The third-order valence-corrected chi connectivity index (χ3v) is 4.99. The van der Waals surface area contributed by atoms with Crippen LogP contribution in [0.1, 0.15) is 5.56 Å². The van der Waals surface area contributed by atoms with E-state index in [4.69, 9.17) is 5.26 Å². The first kappa shape index (κ1) is 19.3. The summed E-state index contributed by atoms with van der Waals surface area (Å²) in [7, 11) is 0. The molecular formula is C13H4F6I2N2O. The minimum atomic E-state index is -5.75. The molecule has 0 radical (unpaired) electrons. The van der Waals surface area contributed by atoms with Crippen molar-refractivity contribution in [3.05, 3.63) is 33.5 Å². The Bertz CT molecular complexity index is 814. The summed E-state index contributed by atoms with van der Waals surface area (Å²) < 4.78 is 78.7. The number of rotatable bonds is 2. The number of nitrogens with zero attached hydrogens (tertiary/aromatic N) is 2. The van der Waals surface area contributed by atoms with E-state index in [0.717, 1.165) is 6.20 Å². The Balaban J connectivity index is 2.76. The van der Waals surface area contributed by atoms with Crippen LogP contribution in [0.15, 0.2) is 24.4 Å². The van der Waals surface area contributed by atoms with E-state index in [0.29, 0.717) is 3.57 Å². The summed E-state index contributed by atoms with van der Waals surface area (Å²) >= 11 is 1.99. The molecule has 0 atom stereocenters. The number of hydrogen-bond acceptors (Lipinski definition) is 3. The second kappa shape index (κ2) is 6.36. The van der Waals surface area contributed by atoms with Crippen molar-refractivity contribution in [2.45, 2.75) is 16.0 Å². The Hall–Kier alpha value is -1.04. The summed E-state index contributed by atoms with van der Waals surface area (Å²) in [5.74, 6) is -0.815. The molecule has 3 nitrogen and oxygen atoms in total. The standard InChI is InChI=1S/C13H4F6I2N2O/c14-12(15,16)11(21,13(17,18)19)24-10-6(4-22)5-23-9-2-1-7(20)3-8(9)10/h1-3,5H. The van der Waals surface area contributed by atoms with Crippen molar-refractivity contribution in [3.63, 3.8) is 0 Å². The Kier molecular flexibility index (Phi) is 5.11. The Morgan fingerprint density at radius 2 is 1.67 bits per heavy atom. The van der Waals surface area contributed by atoms with Gasteiger partial charge in [0, 0.05) is 15.2 Å². The number of alkyl halides is 7. The summed E-state index contributed by atoms with van der Waals surface area (Å²) in [4.78, 5) is 3.84. The third-order valence-electron chi connectivity index (χ3n) is 2.87. The molecule has 0 saturated heterocycles. The predicted molar refractivity (Wildman–Crippen MR) is 88.7 cm³/mol. The molecule has 2 aromatic rings. The zero-order chi connectivity index (χ0) is 18.3. The zero-order valence-corrected chi connectivity index (χ0v) is 15.5. The molecule has 0 amide bonds. The molecule has 0 aliphatic carbocycles. The first-order chi connectivity index (χ1) is 10.9. The van der Waals surface area contributed by atoms with E-state index in [2.05, 4.69) is 9.72 Å². The van der Waals surface area contributed by atoms with Crippen LogP contribution in [0, 0.1) is 14.9 Å². The van der Waals surface area contributed by atoms with Crippen LogP contribution >= 0.6 is 45.2 Å². The van der Waals surface area contributed by atoms with Gasteiger partial charge in [-0.3, -0.25) is 4.98 Å². The number of pyridine rings is 1. The second-order valence-corrected chi connectivity index (χ2v) is 7.23. The highest BCUT2D eigenvalue weighted by molar-refractivity contribution is 14.1. The van der Waals surface area contributed by atoms with E-state index in [1.807, 2.05) is 22.6 Å². The number of aromatic nitrogens is 1. The second-order valence-electron chi connectivity index (χ2n) is 4.47. The molecule has 0 spiro atoms. The van der Waals surface area contributed by atoms with Gasteiger partial charge in [-0.25, -0.2) is 0 Å². The van der Waals surface area contributed by atoms with Crippen LogP contribution in [0.25, 0.3) is 10.9 Å². The van der Waals surface area contributed by atoms with Gasteiger partial charge in [-0.2, -0.15) is 31.6 Å². The van der Waals surface area contributed by atoms with Crippen molar-refractivity contribution >= 4 is 56.1 Å². The maximum absolute atomic E-state index is 13.0.